The minimum atomic E-state index is 0. The first-order chi connectivity index (χ1) is 25.8. The second-order valence-corrected chi connectivity index (χ2v) is 12.6. The van der Waals surface area contributed by atoms with Crippen LogP contribution >= 0.6 is 0 Å². The van der Waals surface area contributed by atoms with E-state index < -0.39 is 0 Å². The average molecular weight is 865 g/mol. The van der Waals surface area contributed by atoms with E-state index in [0.29, 0.717) is 0 Å². The Morgan fingerprint density at radius 3 is 1.51 bits per heavy atom. The van der Waals surface area contributed by atoms with Crippen LogP contribution in [0.25, 0.3) is 22.4 Å². The van der Waals surface area contributed by atoms with Crippen molar-refractivity contribution in [1.29, 1.82) is 0 Å². The molecule has 0 aliphatic carbocycles. The van der Waals surface area contributed by atoms with Crippen LogP contribution in [0.1, 0.15) is 12.8 Å². The molecule has 3 heterocycles. The Kier molecular flexibility index (Phi) is 11.6. The van der Waals surface area contributed by atoms with E-state index in [1.807, 2.05) is 79.0 Å². The van der Waals surface area contributed by atoms with E-state index in [4.69, 9.17) is 0 Å². The maximum absolute atomic E-state index is 4.40. The molecule has 0 atom stereocenters. The first-order valence-corrected chi connectivity index (χ1v) is 17.7. The van der Waals surface area contributed by atoms with Gasteiger partial charge in [-0.05, 0) is 62.0 Å². The average Bonchev–Trinajstić information content (AvgIpc) is 3.80. The zero-order chi connectivity index (χ0) is 35.0. The fourth-order valence-corrected chi connectivity index (χ4v) is 6.74. The van der Waals surface area contributed by atoms with Crippen molar-refractivity contribution in [2.45, 2.75) is 12.8 Å². The molecule has 2 aliphatic heterocycles. The number of hydrogen-bond donors (Lipinski definition) is 0. The Bertz CT molecular complexity index is 2020. The molecule has 6 aromatic carbocycles. The zero-order valence-electron chi connectivity index (χ0n) is 29.2. The third kappa shape index (κ3) is 8.05. The molecular formula is C47H38IrN5-5. The standard InChI is InChI=1S/C30H26N4.C17H12N.Ir/c1-3-13-25(14-4-1)33-23-31(27-17-7-9-19-29(27)33)21-11-12-22-32-24-34(26-15-5-2-6-16-26)30-20-10-8-18-28(30)32;1-2-8-14(9-3-1)15-10-4-5-11-16(15)17-12-6-7-13-18-17;/h1-10,13,15,17-20,23-24H,11-12,21-22H2;1-10,12-13H;/q-4;-1;. The molecule has 0 unspecified atom stereocenters. The van der Waals surface area contributed by atoms with Gasteiger partial charge in [0, 0.05) is 49.1 Å². The predicted molar refractivity (Wildman–Crippen MR) is 214 cm³/mol. The quantitative estimate of drug-likeness (QED) is 0.106. The van der Waals surface area contributed by atoms with Crippen molar-refractivity contribution >= 4 is 34.1 Å². The summed E-state index contributed by atoms with van der Waals surface area (Å²) < 4.78 is 0. The summed E-state index contributed by atoms with van der Waals surface area (Å²) in [7, 11) is 0. The van der Waals surface area contributed by atoms with Crippen molar-refractivity contribution in [2.24, 2.45) is 0 Å². The molecule has 0 saturated carbocycles. The van der Waals surface area contributed by atoms with Crippen LogP contribution in [-0.2, 0) is 20.1 Å². The first-order valence-electron chi connectivity index (χ1n) is 17.7. The van der Waals surface area contributed by atoms with Gasteiger partial charge < -0.3 is 24.6 Å². The van der Waals surface area contributed by atoms with Crippen molar-refractivity contribution < 1.29 is 20.1 Å². The summed E-state index contributed by atoms with van der Waals surface area (Å²) in [5.41, 5.74) is 11.4. The number of pyridine rings is 1. The van der Waals surface area contributed by atoms with E-state index in [-0.39, 0.29) is 20.1 Å². The number of hydrogen-bond acceptors (Lipinski definition) is 5. The maximum atomic E-state index is 4.40. The number of aromatic nitrogens is 1. The Morgan fingerprint density at radius 1 is 0.472 bits per heavy atom. The smallest absolute Gasteiger partial charge is 0.0326 e. The molecule has 265 valence electrons. The SMILES string of the molecule is [Ir].[c-]1cccc(-c2ccccc2)c1-c1ccccn1.[c-]1ccccc1N1[CH-]N(CCCCN2[CH-]N(c3[c-]cccc3)c3ccccc32)c2ccccc21. The Labute approximate surface area is 327 Å². The number of anilines is 6. The van der Waals surface area contributed by atoms with Gasteiger partial charge in [0.1, 0.15) is 0 Å². The van der Waals surface area contributed by atoms with Gasteiger partial charge in [-0.2, -0.15) is 74.0 Å². The minimum absolute atomic E-state index is 0. The fourth-order valence-electron chi connectivity index (χ4n) is 6.74. The molecule has 53 heavy (non-hydrogen) atoms. The molecule has 0 spiro atoms. The second kappa shape index (κ2) is 17.2. The van der Waals surface area contributed by atoms with Gasteiger partial charge >= 0.3 is 0 Å². The molecule has 1 aromatic heterocycles. The van der Waals surface area contributed by atoms with E-state index in [1.165, 1.54) is 28.3 Å². The van der Waals surface area contributed by atoms with Crippen molar-refractivity contribution in [3.8, 4) is 22.4 Å². The topological polar surface area (TPSA) is 25.9 Å². The van der Waals surface area contributed by atoms with Crippen LogP contribution in [0.3, 0.4) is 0 Å². The van der Waals surface area contributed by atoms with Crippen LogP contribution < -0.4 is 19.6 Å². The minimum Gasteiger partial charge on any atom is -0.501 e. The zero-order valence-corrected chi connectivity index (χ0v) is 31.6. The third-order valence-electron chi connectivity index (χ3n) is 9.23. The molecule has 2 aliphatic rings. The van der Waals surface area contributed by atoms with Gasteiger partial charge in [0.15, 0.2) is 0 Å². The summed E-state index contributed by atoms with van der Waals surface area (Å²) in [5.74, 6) is 0. The largest absolute Gasteiger partial charge is 0.501 e. The summed E-state index contributed by atoms with van der Waals surface area (Å²) in [4.78, 5) is 13.6. The van der Waals surface area contributed by atoms with Crippen molar-refractivity contribution in [1.82, 2.24) is 4.98 Å². The van der Waals surface area contributed by atoms with Crippen LogP contribution in [0.15, 0.2) is 170 Å². The molecule has 0 fully saturated rings. The first kappa shape index (κ1) is 35.7. The number of benzene rings is 6. The number of rotatable bonds is 9. The van der Waals surface area contributed by atoms with Crippen molar-refractivity contribution in [3.05, 3.63) is 202 Å². The van der Waals surface area contributed by atoms with Gasteiger partial charge in [-0.15, -0.1) is 41.2 Å². The van der Waals surface area contributed by atoms with E-state index in [2.05, 4.69) is 147 Å². The maximum Gasteiger partial charge on any atom is 0.0326 e. The molecule has 1 radical (unpaired) electrons. The van der Waals surface area contributed by atoms with Crippen LogP contribution in [0.5, 0.6) is 0 Å². The van der Waals surface area contributed by atoms with Gasteiger partial charge in [-0.3, -0.25) is 0 Å². The molecule has 5 nitrogen and oxygen atoms in total. The number of nitrogens with zero attached hydrogens (tertiary/aromatic N) is 5. The Balaban J connectivity index is 0.000000194. The Hall–Kier alpha value is -5.68. The monoisotopic (exact) mass is 865 g/mol. The van der Waals surface area contributed by atoms with Gasteiger partial charge in [-0.25, -0.2) is 0 Å². The fraction of sp³-hybridized carbons (Fsp3) is 0.0851. The molecule has 0 amide bonds. The van der Waals surface area contributed by atoms with E-state index in [1.54, 1.807) is 0 Å². The van der Waals surface area contributed by atoms with Gasteiger partial charge in [0.05, 0.1) is 0 Å². The summed E-state index contributed by atoms with van der Waals surface area (Å²) in [6.07, 6.45) is 4.01. The number of para-hydroxylation sites is 6. The van der Waals surface area contributed by atoms with Gasteiger partial charge in [0.2, 0.25) is 0 Å². The van der Waals surface area contributed by atoms with Crippen molar-refractivity contribution in [2.75, 3.05) is 32.7 Å². The third-order valence-corrected chi connectivity index (χ3v) is 9.23. The summed E-state index contributed by atoms with van der Waals surface area (Å²) in [6, 6.07) is 65.8. The molecular weight excluding hydrogens is 827 g/mol. The molecule has 0 bridgehead atoms. The van der Waals surface area contributed by atoms with Crippen LogP contribution in [0.4, 0.5) is 34.1 Å². The van der Waals surface area contributed by atoms with Crippen LogP contribution in [0.2, 0.25) is 0 Å². The molecule has 7 aromatic rings. The van der Waals surface area contributed by atoms with E-state index in [0.717, 1.165) is 54.1 Å². The number of fused-ring (bicyclic) bond motifs is 2. The second-order valence-electron chi connectivity index (χ2n) is 12.6. The molecule has 6 heteroatoms. The van der Waals surface area contributed by atoms with Gasteiger partial charge in [0.25, 0.3) is 0 Å². The molecule has 9 rings (SSSR count). The molecule has 0 saturated heterocycles. The normalized spacial score (nSPS) is 12.8. The van der Waals surface area contributed by atoms with E-state index >= 15 is 0 Å². The predicted octanol–water partition coefficient (Wildman–Crippen LogP) is 11.1. The van der Waals surface area contributed by atoms with Gasteiger partial charge in [-0.1, -0.05) is 77.9 Å². The number of unbranched alkanes of at least 4 members (excludes halogenated alkanes) is 1. The van der Waals surface area contributed by atoms with Crippen molar-refractivity contribution in [3.63, 3.8) is 0 Å². The summed E-state index contributed by atoms with van der Waals surface area (Å²) in [6.45, 7) is 6.37. The molecule has 0 N–H and O–H groups in total. The van der Waals surface area contributed by atoms with Crippen LogP contribution in [0, 0.1) is 31.5 Å². The summed E-state index contributed by atoms with van der Waals surface area (Å²) in [5, 5.41) is 0. The summed E-state index contributed by atoms with van der Waals surface area (Å²) >= 11 is 0. The van der Waals surface area contributed by atoms with E-state index in [9.17, 15) is 0 Å². The van der Waals surface area contributed by atoms with Crippen LogP contribution in [-0.4, -0.2) is 18.1 Å². The Morgan fingerprint density at radius 2 is 0.981 bits per heavy atom.